The normalized spacial score (nSPS) is 19.1. The summed E-state index contributed by atoms with van der Waals surface area (Å²) in [6.07, 6.45) is 3.72. The Morgan fingerprint density at radius 2 is 2.32 bits per heavy atom. The molecule has 0 aromatic carbocycles. The second-order valence-electron chi connectivity index (χ2n) is 4.56. The maximum atomic E-state index is 9.65. The van der Waals surface area contributed by atoms with Crippen molar-refractivity contribution in [3.63, 3.8) is 0 Å². The quantitative estimate of drug-likeness (QED) is 0.887. The van der Waals surface area contributed by atoms with E-state index in [-0.39, 0.29) is 6.10 Å². The molecule has 1 unspecified atom stereocenters. The molecule has 100 valence electrons. The summed E-state index contributed by atoms with van der Waals surface area (Å²) in [4.78, 5) is 14.8. The van der Waals surface area contributed by atoms with Gasteiger partial charge in [0.1, 0.15) is 12.1 Å². The zero-order valence-electron chi connectivity index (χ0n) is 10.8. The first-order chi connectivity index (χ1) is 9.28. The predicted octanol–water partition coefficient (Wildman–Crippen LogP) is 0.994. The maximum absolute atomic E-state index is 9.65. The van der Waals surface area contributed by atoms with E-state index in [4.69, 9.17) is 4.74 Å². The van der Waals surface area contributed by atoms with Gasteiger partial charge in [-0.05, 0) is 13.3 Å². The summed E-state index contributed by atoms with van der Waals surface area (Å²) in [5.41, 5.74) is 0.787. The first kappa shape index (κ1) is 12.1. The fraction of sp³-hybridized carbons (Fsp3) is 0.462. The Bertz CT molecular complexity index is 590. The Kier molecular flexibility index (Phi) is 3.16. The summed E-state index contributed by atoms with van der Waals surface area (Å²) in [5.74, 6) is 1.41. The molecule has 3 heterocycles. The van der Waals surface area contributed by atoms with Gasteiger partial charge in [-0.15, -0.1) is 0 Å². The second kappa shape index (κ2) is 4.97. The third kappa shape index (κ3) is 2.31. The van der Waals surface area contributed by atoms with E-state index in [9.17, 15) is 5.11 Å². The molecule has 6 heteroatoms. The van der Waals surface area contributed by atoms with E-state index in [1.165, 1.54) is 6.33 Å². The number of ether oxygens (including phenoxy) is 1. The SMILES string of the molecule is CCOc1cc2c(N3CCC(O)C3)ncnc2cn1. The number of rotatable bonds is 3. The molecular weight excluding hydrogens is 244 g/mol. The van der Waals surface area contributed by atoms with Crippen LogP contribution in [0.25, 0.3) is 10.9 Å². The van der Waals surface area contributed by atoms with Gasteiger partial charge in [-0.3, -0.25) is 0 Å². The number of hydrogen-bond acceptors (Lipinski definition) is 6. The van der Waals surface area contributed by atoms with Crippen LogP contribution in [0.1, 0.15) is 13.3 Å². The van der Waals surface area contributed by atoms with Gasteiger partial charge in [0.2, 0.25) is 5.88 Å². The van der Waals surface area contributed by atoms with Gasteiger partial charge in [0.05, 0.1) is 24.4 Å². The van der Waals surface area contributed by atoms with Crippen LogP contribution in [-0.4, -0.2) is 45.9 Å². The molecule has 0 radical (unpaired) electrons. The number of anilines is 1. The van der Waals surface area contributed by atoms with E-state index < -0.39 is 0 Å². The molecule has 19 heavy (non-hydrogen) atoms. The minimum atomic E-state index is -0.279. The Balaban J connectivity index is 2.05. The first-order valence-electron chi connectivity index (χ1n) is 6.44. The smallest absolute Gasteiger partial charge is 0.214 e. The van der Waals surface area contributed by atoms with Crippen LogP contribution >= 0.6 is 0 Å². The number of aromatic nitrogens is 3. The summed E-state index contributed by atoms with van der Waals surface area (Å²) in [7, 11) is 0. The number of hydrogen-bond donors (Lipinski definition) is 1. The van der Waals surface area contributed by atoms with Crippen molar-refractivity contribution in [2.24, 2.45) is 0 Å². The highest BCUT2D eigenvalue weighted by Gasteiger charge is 2.23. The van der Waals surface area contributed by atoms with Gasteiger partial charge in [0.25, 0.3) is 0 Å². The van der Waals surface area contributed by atoms with Crippen LogP contribution in [0.4, 0.5) is 5.82 Å². The van der Waals surface area contributed by atoms with Gasteiger partial charge < -0.3 is 14.7 Å². The standard InChI is InChI=1S/C13H16N4O2/c1-2-19-12-5-10-11(6-14-12)15-8-16-13(10)17-4-3-9(18)7-17/h5-6,8-9,18H,2-4,7H2,1H3. The number of β-amino-alcohol motifs (C(OH)–C–C–N with tert-alkyl or cyclic N) is 1. The molecule has 0 aliphatic carbocycles. The van der Waals surface area contributed by atoms with Crippen molar-refractivity contribution in [1.29, 1.82) is 0 Å². The van der Waals surface area contributed by atoms with Crippen LogP contribution in [0.5, 0.6) is 5.88 Å². The van der Waals surface area contributed by atoms with E-state index in [0.717, 1.165) is 29.7 Å². The van der Waals surface area contributed by atoms with Crippen LogP contribution in [0.2, 0.25) is 0 Å². The summed E-state index contributed by atoms with van der Waals surface area (Å²) in [5, 5.41) is 10.6. The van der Waals surface area contributed by atoms with Crippen molar-refractivity contribution < 1.29 is 9.84 Å². The van der Waals surface area contributed by atoms with Crippen molar-refractivity contribution in [2.45, 2.75) is 19.4 Å². The lowest BCUT2D eigenvalue weighted by atomic mass is 10.2. The van der Waals surface area contributed by atoms with Crippen LogP contribution in [0.3, 0.4) is 0 Å². The largest absolute Gasteiger partial charge is 0.478 e. The molecule has 0 saturated carbocycles. The molecule has 0 amide bonds. The van der Waals surface area contributed by atoms with Crippen LogP contribution in [0.15, 0.2) is 18.6 Å². The van der Waals surface area contributed by atoms with E-state index in [0.29, 0.717) is 19.0 Å². The summed E-state index contributed by atoms with van der Waals surface area (Å²) >= 11 is 0. The third-order valence-corrected chi connectivity index (χ3v) is 3.23. The number of fused-ring (bicyclic) bond motifs is 1. The summed E-state index contributed by atoms with van der Waals surface area (Å²) in [6, 6.07) is 1.86. The lowest BCUT2D eigenvalue weighted by Crippen LogP contribution is -2.22. The minimum Gasteiger partial charge on any atom is -0.478 e. The lowest BCUT2D eigenvalue weighted by Gasteiger charge is -2.18. The van der Waals surface area contributed by atoms with Crippen molar-refractivity contribution in [3.05, 3.63) is 18.6 Å². The van der Waals surface area contributed by atoms with E-state index in [1.54, 1.807) is 6.20 Å². The van der Waals surface area contributed by atoms with Gasteiger partial charge in [0, 0.05) is 24.5 Å². The highest BCUT2D eigenvalue weighted by Crippen LogP contribution is 2.27. The van der Waals surface area contributed by atoms with Crippen molar-refractivity contribution >= 4 is 16.7 Å². The van der Waals surface area contributed by atoms with Crippen LogP contribution in [-0.2, 0) is 0 Å². The van der Waals surface area contributed by atoms with Crippen molar-refractivity contribution in [3.8, 4) is 5.88 Å². The van der Waals surface area contributed by atoms with Gasteiger partial charge in [0.15, 0.2) is 0 Å². The number of aliphatic hydroxyl groups excluding tert-OH is 1. The van der Waals surface area contributed by atoms with E-state index in [2.05, 4.69) is 19.9 Å². The van der Waals surface area contributed by atoms with Crippen molar-refractivity contribution in [1.82, 2.24) is 15.0 Å². The Morgan fingerprint density at radius 3 is 3.05 bits per heavy atom. The lowest BCUT2D eigenvalue weighted by molar-refractivity contribution is 0.198. The number of nitrogens with zero attached hydrogens (tertiary/aromatic N) is 4. The molecule has 1 N–H and O–H groups in total. The third-order valence-electron chi connectivity index (χ3n) is 3.23. The highest BCUT2D eigenvalue weighted by atomic mass is 16.5. The highest BCUT2D eigenvalue weighted by molar-refractivity contribution is 5.89. The maximum Gasteiger partial charge on any atom is 0.214 e. The van der Waals surface area contributed by atoms with Gasteiger partial charge in [-0.2, -0.15) is 0 Å². The molecular formula is C13H16N4O2. The minimum absolute atomic E-state index is 0.279. The molecule has 0 spiro atoms. The fourth-order valence-corrected chi connectivity index (χ4v) is 2.34. The molecule has 3 rings (SSSR count). The van der Waals surface area contributed by atoms with Crippen LogP contribution < -0.4 is 9.64 Å². The topological polar surface area (TPSA) is 71.4 Å². The molecule has 1 atom stereocenters. The average molecular weight is 260 g/mol. The fourth-order valence-electron chi connectivity index (χ4n) is 2.34. The first-order valence-corrected chi connectivity index (χ1v) is 6.44. The molecule has 6 nitrogen and oxygen atoms in total. The molecule has 2 aromatic rings. The summed E-state index contributed by atoms with van der Waals surface area (Å²) in [6.45, 7) is 3.91. The number of pyridine rings is 1. The van der Waals surface area contributed by atoms with Gasteiger partial charge >= 0.3 is 0 Å². The monoisotopic (exact) mass is 260 g/mol. The second-order valence-corrected chi connectivity index (χ2v) is 4.56. The zero-order chi connectivity index (χ0) is 13.2. The molecule has 0 bridgehead atoms. The van der Waals surface area contributed by atoms with E-state index in [1.807, 2.05) is 13.0 Å². The van der Waals surface area contributed by atoms with Gasteiger partial charge in [-0.1, -0.05) is 0 Å². The zero-order valence-corrected chi connectivity index (χ0v) is 10.8. The Hall–Kier alpha value is -1.95. The molecule has 1 aliphatic heterocycles. The molecule has 2 aromatic heterocycles. The number of aliphatic hydroxyl groups is 1. The van der Waals surface area contributed by atoms with E-state index >= 15 is 0 Å². The van der Waals surface area contributed by atoms with Crippen LogP contribution in [0, 0.1) is 0 Å². The average Bonchev–Trinajstić information content (AvgIpc) is 2.85. The Morgan fingerprint density at radius 1 is 1.42 bits per heavy atom. The molecule has 1 aliphatic rings. The Labute approximate surface area is 111 Å². The molecule has 1 saturated heterocycles. The van der Waals surface area contributed by atoms with Gasteiger partial charge in [-0.25, -0.2) is 15.0 Å². The predicted molar refractivity (Wildman–Crippen MR) is 71.3 cm³/mol. The summed E-state index contributed by atoms with van der Waals surface area (Å²) < 4.78 is 5.42. The molecule has 1 fully saturated rings. The van der Waals surface area contributed by atoms with Crippen molar-refractivity contribution in [2.75, 3.05) is 24.6 Å².